The van der Waals surface area contributed by atoms with Gasteiger partial charge in [0, 0.05) is 0 Å². The molecule has 0 aliphatic heterocycles. The van der Waals surface area contributed by atoms with Gasteiger partial charge in [-0.05, 0) is 0 Å². The zero-order valence-corrected chi connectivity index (χ0v) is 6.43. The van der Waals surface area contributed by atoms with E-state index in [1.165, 1.54) is 0 Å². The molecule has 0 saturated carbocycles. The number of rotatable bonds is 5. The Kier molecular flexibility index (Phi) is 18.7. The third-order valence-electron chi connectivity index (χ3n) is 1.29. The summed E-state index contributed by atoms with van der Waals surface area (Å²) in [5, 5.41) is 33.8. The Labute approximate surface area is 157 Å². The fourth-order valence-corrected chi connectivity index (χ4v) is 0.714. The van der Waals surface area contributed by atoms with Crippen molar-refractivity contribution < 1.29 is 34.8 Å². The second kappa shape index (κ2) is 11.5. The van der Waals surface area contributed by atoms with E-state index in [2.05, 4.69) is 0 Å². The molecule has 0 atom stereocenters. The summed E-state index contributed by atoms with van der Waals surface area (Å²) in [7, 11) is 0. The van der Waals surface area contributed by atoms with Crippen molar-refractivity contribution in [3.63, 3.8) is 0 Å². The average Bonchev–Trinajstić information content (AvgIpc) is 1.82. The van der Waals surface area contributed by atoms with Gasteiger partial charge in [-0.2, -0.15) is 0 Å². The van der Waals surface area contributed by atoms with Gasteiger partial charge in [0.05, 0.1) is 12.8 Å². The van der Waals surface area contributed by atoms with E-state index in [0.29, 0.717) is 0 Å². The van der Waals surface area contributed by atoms with Gasteiger partial charge in [0.2, 0.25) is 0 Å². The zero-order valence-electron chi connectivity index (χ0n) is 6.43. The molecule has 80 valence electrons. The Morgan fingerprint density at radius 1 is 0.812 bits per heavy atom. The van der Waals surface area contributed by atoms with Crippen LogP contribution in [0.2, 0.25) is 0 Å². The van der Waals surface area contributed by atoms with Crippen molar-refractivity contribution in [3.8, 4) is 0 Å². The van der Waals surface area contributed by atoms with Crippen molar-refractivity contribution in [1.82, 2.24) is 0 Å². The van der Waals surface area contributed by atoms with Crippen molar-refractivity contribution in [1.29, 1.82) is 0 Å². The summed E-state index contributed by atoms with van der Waals surface area (Å²) < 4.78 is 0. The summed E-state index contributed by atoms with van der Waals surface area (Å²) >= 11 is 0. The van der Waals surface area contributed by atoms with Gasteiger partial charge in [0.25, 0.3) is 0 Å². The van der Waals surface area contributed by atoms with Crippen LogP contribution in [-0.2, 0) is 14.4 Å². The summed E-state index contributed by atoms with van der Waals surface area (Å²) in [4.78, 5) is 30.5. The fraction of sp³-hybridized carbons (Fsp3) is 0.500. The second-order valence-electron chi connectivity index (χ2n) is 2.48. The number of carboxylic acid groups (broad SMARTS) is 3. The molecular weight excluding hydrogens is 253 g/mol. The molecule has 7 nitrogen and oxygen atoms in total. The van der Waals surface area contributed by atoms with E-state index < -0.39 is 36.4 Å². The first-order valence-electron chi connectivity index (χ1n) is 3.17. The first-order valence-corrected chi connectivity index (χ1v) is 3.17. The summed E-state index contributed by atoms with van der Waals surface area (Å²) in [6.07, 6.45) is -2.29. The molecule has 10 heteroatoms. The standard InChI is InChI=1S/C6H8O7.3Na.3H/c7-3(8)1-6(13,5(11)12)2-4(9)10;;;;;;/h13H,1-2H2,(H,7,8)(H,9,10)(H,11,12);;;;;;. The molecule has 16 heavy (non-hydrogen) atoms. The number of hydrogen-bond acceptors (Lipinski definition) is 4. The van der Waals surface area contributed by atoms with Crippen molar-refractivity contribution in [2.24, 2.45) is 0 Å². The van der Waals surface area contributed by atoms with Crippen LogP contribution in [0.25, 0.3) is 0 Å². The van der Waals surface area contributed by atoms with Crippen molar-refractivity contribution >= 4 is 107 Å². The van der Waals surface area contributed by atoms with Crippen LogP contribution in [0.1, 0.15) is 12.8 Å². The van der Waals surface area contributed by atoms with Crippen LogP contribution in [0, 0.1) is 0 Å². The minimum absolute atomic E-state index is 0. The Bertz CT molecular complexity index is 239. The number of aliphatic hydroxyl groups is 1. The fourth-order valence-electron chi connectivity index (χ4n) is 0.714. The van der Waals surface area contributed by atoms with Crippen LogP contribution in [0.15, 0.2) is 0 Å². The number of hydrogen-bond donors (Lipinski definition) is 4. The van der Waals surface area contributed by atoms with Crippen molar-refractivity contribution in [2.45, 2.75) is 18.4 Å². The Morgan fingerprint density at radius 2 is 1.06 bits per heavy atom. The maximum absolute atomic E-state index is 10.3. The first-order chi connectivity index (χ1) is 5.78. The third-order valence-corrected chi connectivity index (χ3v) is 1.29. The van der Waals surface area contributed by atoms with Crippen LogP contribution >= 0.6 is 0 Å². The van der Waals surface area contributed by atoms with Gasteiger partial charge in [0.1, 0.15) is 0 Å². The zero-order chi connectivity index (χ0) is 10.6. The SMILES string of the molecule is O=C(O)CC(O)(CC(=O)O)C(=O)O.[NaH].[NaH].[NaH]. The van der Waals surface area contributed by atoms with Crippen molar-refractivity contribution in [2.75, 3.05) is 0 Å². The molecule has 0 aliphatic carbocycles. The molecule has 0 aromatic rings. The van der Waals surface area contributed by atoms with Crippen LogP contribution in [0.3, 0.4) is 0 Å². The van der Waals surface area contributed by atoms with Gasteiger partial charge >= 0.3 is 107 Å². The van der Waals surface area contributed by atoms with Crippen LogP contribution in [-0.4, -0.2) is 133 Å². The van der Waals surface area contributed by atoms with Gasteiger partial charge in [-0.15, -0.1) is 0 Å². The van der Waals surface area contributed by atoms with Gasteiger partial charge in [-0.3, -0.25) is 9.59 Å². The molecule has 0 bridgehead atoms. The first kappa shape index (κ1) is 26.0. The van der Waals surface area contributed by atoms with E-state index in [4.69, 9.17) is 20.4 Å². The molecular formula is C6H11Na3O7. The van der Waals surface area contributed by atoms with Gasteiger partial charge in [0.15, 0.2) is 5.60 Å². The summed E-state index contributed by atoms with van der Waals surface area (Å²) in [5.41, 5.74) is -2.74. The van der Waals surface area contributed by atoms with E-state index >= 15 is 0 Å². The third kappa shape index (κ3) is 10.5. The monoisotopic (exact) mass is 264 g/mol. The summed E-state index contributed by atoms with van der Waals surface area (Å²) in [6, 6.07) is 0. The van der Waals surface area contributed by atoms with Gasteiger partial charge in [-0.1, -0.05) is 0 Å². The molecule has 0 aliphatic rings. The van der Waals surface area contributed by atoms with Gasteiger partial charge in [-0.25, -0.2) is 4.79 Å². The quantitative estimate of drug-likeness (QED) is 0.384. The molecule has 0 spiro atoms. The molecule has 0 unspecified atom stereocenters. The minimum atomic E-state index is -2.74. The number of carboxylic acids is 3. The van der Waals surface area contributed by atoms with E-state index in [0.717, 1.165) is 0 Å². The van der Waals surface area contributed by atoms with E-state index in [-0.39, 0.29) is 88.7 Å². The Hall–Kier alpha value is 1.37. The molecule has 0 rings (SSSR count). The predicted molar refractivity (Wildman–Crippen MR) is 58.5 cm³/mol. The van der Waals surface area contributed by atoms with Crippen LogP contribution in [0.5, 0.6) is 0 Å². The number of carbonyl (C=O) groups is 3. The Balaban J connectivity index is -0.000000240. The molecule has 0 saturated heterocycles. The second-order valence-corrected chi connectivity index (χ2v) is 2.48. The topological polar surface area (TPSA) is 132 Å². The number of aliphatic carboxylic acids is 3. The van der Waals surface area contributed by atoms with Crippen LogP contribution < -0.4 is 0 Å². The van der Waals surface area contributed by atoms with Gasteiger partial charge < -0.3 is 20.4 Å². The normalized spacial score (nSPS) is 8.81. The molecule has 4 N–H and O–H groups in total. The van der Waals surface area contributed by atoms with E-state index in [1.54, 1.807) is 0 Å². The summed E-state index contributed by atoms with van der Waals surface area (Å²) in [6.45, 7) is 0. The molecule has 0 fully saturated rings. The van der Waals surface area contributed by atoms with E-state index in [1.807, 2.05) is 0 Å². The summed E-state index contributed by atoms with van der Waals surface area (Å²) in [5.74, 6) is -5.02. The predicted octanol–water partition coefficient (Wildman–Crippen LogP) is -3.19. The van der Waals surface area contributed by atoms with E-state index in [9.17, 15) is 14.4 Å². The average molecular weight is 264 g/mol. The van der Waals surface area contributed by atoms with Crippen molar-refractivity contribution in [3.05, 3.63) is 0 Å². The molecule has 0 aromatic carbocycles. The molecule has 0 aromatic heterocycles. The maximum atomic E-state index is 10.3. The molecule has 0 heterocycles. The van der Waals surface area contributed by atoms with Crippen LogP contribution in [0.4, 0.5) is 0 Å². The molecule has 0 radical (unpaired) electrons. The Morgan fingerprint density at radius 3 is 1.19 bits per heavy atom. The molecule has 0 amide bonds.